The Bertz CT molecular complexity index is 986. The second kappa shape index (κ2) is 8.41. The van der Waals surface area contributed by atoms with Gasteiger partial charge in [-0.3, -0.25) is 9.36 Å². The number of carbonyl (C=O) groups is 1. The highest BCUT2D eigenvalue weighted by Gasteiger charge is 2.18. The van der Waals surface area contributed by atoms with E-state index in [1.54, 1.807) is 12.3 Å². The molecule has 0 saturated carbocycles. The van der Waals surface area contributed by atoms with Gasteiger partial charge in [0.05, 0.1) is 23.3 Å². The number of thioether (sulfide) groups is 1. The molecule has 1 amide bonds. The number of aromatic nitrogens is 3. The van der Waals surface area contributed by atoms with Crippen molar-refractivity contribution < 1.29 is 13.6 Å². The summed E-state index contributed by atoms with van der Waals surface area (Å²) in [6.07, 6.45) is 3.30. The molecule has 2 aromatic heterocycles. The number of amides is 1. The molecule has 0 spiro atoms. The third-order valence-electron chi connectivity index (χ3n) is 3.66. The van der Waals surface area contributed by atoms with Crippen molar-refractivity contribution in [1.82, 2.24) is 14.8 Å². The summed E-state index contributed by atoms with van der Waals surface area (Å²) in [6, 6.07) is 5.78. The summed E-state index contributed by atoms with van der Waals surface area (Å²) in [5, 5.41) is 11.7. The van der Waals surface area contributed by atoms with Crippen molar-refractivity contribution >= 4 is 35.0 Å². The molecule has 0 aliphatic heterocycles. The van der Waals surface area contributed by atoms with Gasteiger partial charge in [-0.25, -0.2) is 4.39 Å². The second-order valence-electron chi connectivity index (χ2n) is 5.56. The van der Waals surface area contributed by atoms with Crippen LogP contribution in [-0.2, 0) is 11.3 Å². The first-order valence-corrected chi connectivity index (χ1v) is 9.32. The van der Waals surface area contributed by atoms with E-state index in [0.29, 0.717) is 22.5 Å². The third kappa shape index (κ3) is 4.40. The maximum absolute atomic E-state index is 13.7. The Morgan fingerprint density at radius 3 is 2.96 bits per heavy atom. The topological polar surface area (TPSA) is 73.0 Å². The summed E-state index contributed by atoms with van der Waals surface area (Å²) in [7, 11) is 0. The summed E-state index contributed by atoms with van der Waals surface area (Å²) in [6.45, 7) is 6.06. The lowest BCUT2D eigenvalue weighted by Gasteiger charge is -2.08. The molecule has 140 valence electrons. The van der Waals surface area contributed by atoms with E-state index in [2.05, 4.69) is 22.1 Å². The van der Waals surface area contributed by atoms with Crippen molar-refractivity contribution in [3.8, 4) is 11.4 Å². The van der Waals surface area contributed by atoms with E-state index < -0.39 is 5.82 Å². The minimum absolute atomic E-state index is 0.0333. The van der Waals surface area contributed by atoms with Crippen LogP contribution in [0.15, 0.2) is 52.8 Å². The SMILES string of the molecule is C=CCn1c(SCC(=O)Nc2cc(Cl)ccc2F)nnc1-c1ccoc1C. The number of halogens is 2. The lowest BCUT2D eigenvalue weighted by atomic mass is 10.2. The Kier molecular flexibility index (Phi) is 5.98. The summed E-state index contributed by atoms with van der Waals surface area (Å²) in [4.78, 5) is 12.2. The lowest BCUT2D eigenvalue weighted by molar-refractivity contribution is -0.113. The van der Waals surface area contributed by atoms with Gasteiger partial charge in [0.2, 0.25) is 5.91 Å². The number of allylic oxidation sites excluding steroid dienone is 1. The van der Waals surface area contributed by atoms with Gasteiger partial charge in [-0.1, -0.05) is 29.4 Å². The van der Waals surface area contributed by atoms with Gasteiger partial charge in [-0.15, -0.1) is 16.8 Å². The predicted molar refractivity (Wildman–Crippen MR) is 103 cm³/mol. The monoisotopic (exact) mass is 406 g/mol. The fourth-order valence-electron chi connectivity index (χ4n) is 2.42. The molecular formula is C18H16ClFN4O2S. The van der Waals surface area contributed by atoms with Crippen molar-refractivity contribution in [2.24, 2.45) is 0 Å². The predicted octanol–water partition coefficient (Wildman–Crippen LogP) is 4.56. The number of benzene rings is 1. The molecule has 0 radical (unpaired) electrons. The minimum Gasteiger partial charge on any atom is -0.469 e. The molecule has 3 rings (SSSR count). The summed E-state index contributed by atoms with van der Waals surface area (Å²) < 4.78 is 20.9. The van der Waals surface area contributed by atoms with E-state index in [1.807, 2.05) is 17.6 Å². The molecule has 0 saturated heterocycles. The molecule has 9 heteroatoms. The maximum Gasteiger partial charge on any atom is 0.234 e. The fraction of sp³-hybridized carbons (Fsp3) is 0.167. The molecule has 1 N–H and O–H groups in total. The summed E-state index contributed by atoms with van der Waals surface area (Å²) in [5.74, 6) is 0.454. The highest BCUT2D eigenvalue weighted by Crippen LogP contribution is 2.27. The number of aryl methyl sites for hydroxylation is 1. The highest BCUT2D eigenvalue weighted by atomic mass is 35.5. The number of hydrogen-bond donors (Lipinski definition) is 1. The number of nitrogens with zero attached hydrogens (tertiary/aromatic N) is 3. The first-order valence-electron chi connectivity index (χ1n) is 7.96. The van der Waals surface area contributed by atoms with Crippen LogP contribution in [0.2, 0.25) is 5.02 Å². The van der Waals surface area contributed by atoms with Gasteiger partial charge in [0, 0.05) is 11.6 Å². The van der Waals surface area contributed by atoms with E-state index in [0.717, 1.165) is 11.3 Å². The maximum atomic E-state index is 13.7. The molecule has 0 bridgehead atoms. The van der Waals surface area contributed by atoms with Gasteiger partial charge in [-0.05, 0) is 31.2 Å². The average Bonchev–Trinajstić information content (AvgIpc) is 3.22. The van der Waals surface area contributed by atoms with Crippen molar-refractivity contribution in [3.63, 3.8) is 0 Å². The molecule has 3 aromatic rings. The highest BCUT2D eigenvalue weighted by molar-refractivity contribution is 7.99. The first kappa shape index (κ1) is 19.2. The van der Waals surface area contributed by atoms with Crippen LogP contribution in [0.5, 0.6) is 0 Å². The molecule has 6 nitrogen and oxygen atoms in total. The molecule has 0 unspecified atom stereocenters. The van der Waals surface area contributed by atoms with E-state index in [4.69, 9.17) is 16.0 Å². The van der Waals surface area contributed by atoms with Crippen molar-refractivity contribution in [2.45, 2.75) is 18.6 Å². The van der Waals surface area contributed by atoms with Crippen LogP contribution in [0.1, 0.15) is 5.76 Å². The Morgan fingerprint density at radius 1 is 1.44 bits per heavy atom. The van der Waals surface area contributed by atoms with Crippen molar-refractivity contribution in [2.75, 3.05) is 11.1 Å². The van der Waals surface area contributed by atoms with Crippen molar-refractivity contribution in [1.29, 1.82) is 0 Å². The van der Waals surface area contributed by atoms with Crippen LogP contribution in [0.4, 0.5) is 10.1 Å². The lowest BCUT2D eigenvalue weighted by Crippen LogP contribution is -2.15. The molecule has 27 heavy (non-hydrogen) atoms. The first-order chi connectivity index (χ1) is 13.0. The van der Waals surface area contributed by atoms with Gasteiger partial charge in [0.25, 0.3) is 0 Å². The van der Waals surface area contributed by atoms with Crippen LogP contribution in [0.3, 0.4) is 0 Å². The van der Waals surface area contributed by atoms with E-state index >= 15 is 0 Å². The zero-order valence-electron chi connectivity index (χ0n) is 14.4. The number of rotatable bonds is 7. The van der Waals surface area contributed by atoms with Crippen LogP contribution in [0.25, 0.3) is 11.4 Å². The summed E-state index contributed by atoms with van der Waals surface area (Å²) in [5.41, 5.74) is 0.858. The normalized spacial score (nSPS) is 10.8. The number of carbonyl (C=O) groups excluding carboxylic acids is 1. The Hall–Kier alpha value is -2.58. The Balaban J connectivity index is 1.73. The van der Waals surface area contributed by atoms with Crippen LogP contribution >= 0.6 is 23.4 Å². The number of hydrogen-bond acceptors (Lipinski definition) is 5. The number of anilines is 1. The molecule has 0 fully saturated rings. The number of furan rings is 1. The van der Waals surface area contributed by atoms with E-state index in [9.17, 15) is 9.18 Å². The quantitative estimate of drug-likeness (QED) is 0.460. The van der Waals surface area contributed by atoms with Gasteiger partial charge < -0.3 is 9.73 Å². The summed E-state index contributed by atoms with van der Waals surface area (Å²) >= 11 is 7.02. The fourth-order valence-corrected chi connectivity index (χ4v) is 3.33. The molecular weight excluding hydrogens is 391 g/mol. The van der Waals surface area contributed by atoms with Gasteiger partial charge in [-0.2, -0.15) is 0 Å². The van der Waals surface area contributed by atoms with Gasteiger partial charge >= 0.3 is 0 Å². The van der Waals surface area contributed by atoms with Gasteiger partial charge in [0.1, 0.15) is 11.6 Å². The number of nitrogens with one attached hydrogen (secondary N) is 1. The van der Waals surface area contributed by atoms with Crippen LogP contribution < -0.4 is 5.32 Å². The molecule has 0 aliphatic carbocycles. The average molecular weight is 407 g/mol. The molecule has 0 atom stereocenters. The minimum atomic E-state index is -0.551. The largest absolute Gasteiger partial charge is 0.469 e. The molecule has 0 aliphatic rings. The Morgan fingerprint density at radius 2 is 2.26 bits per heavy atom. The van der Waals surface area contributed by atoms with E-state index in [-0.39, 0.29) is 17.3 Å². The molecule has 1 aromatic carbocycles. The van der Waals surface area contributed by atoms with E-state index in [1.165, 1.54) is 30.0 Å². The second-order valence-corrected chi connectivity index (χ2v) is 6.94. The molecule has 2 heterocycles. The zero-order chi connectivity index (χ0) is 19.4. The Labute approximate surface area is 164 Å². The van der Waals surface area contributed by atoms with Crippen LogP contribution in [0, 0.1) is 12.7 Å². The van der Waals surface area contributed by atoms with Crippen LogP contribution in [-0.4, -0.2) is 26.4 Å². The standard InChI is InChI=1S/C18H16ClFN4O2S/c1-3-7-24-17(13-6-8-26-11(13)2)22-23-18(24)27-10-16(25)21-15-9-12(19)4-5-14(15)20/h3-6,8-9H,1,7,10H2,2H3,(H,21,25). The third-order valence-corrected chi connectivity index (χ3v) is 4.86. The van der Waals surface area contributed by atoms with Crippen molar-refractivity contribution in [3.05, 3.63) is 59.8 Å². The zero-order valence-corrected chi connectivity index (χ0v) is 16.0. The smallest absolute Gasteiger partial charge is 0.234 e. The van der Waals surface area contributed by atoms with Gasteiger partial charge in [0.15, 0.2) is 11.0 Å².